The first-order valence-electron chi connectivity index (χ1n) is 6.21. The van der Waals surface area contributed by atoms with E-state index in [2.05, 4.69) is 15.6 Å². The Morgan fingerprint density at radius 3 is 2.74 bits per heavy atom. The van der Waals surface area contributed by atoms with Crippen LogP contribution < -0.4 is 10.6 Å². The molecule has 0 saturated heterocycles. The fraction of sp³-hybridized carbons (Fsp3) is 0.200. The zero-order valence-electron chi connectivity index (χ0n) is 10.9. The molecule has 0 spiro atoms. The van der Waals surface area contributed by atoms with Crippen LogP contribution in [0.2, 0.25) is 0 Å². The van der Waals surface area contributed by atoms with Crippen molar-refractivity contribution in [3.05, 3.63) is 59.8 Å². The largest absolute Gasteiger partial charge is 0.361 e. The average Bonchev–Trinajstić information content (AvgIpc) is 2.44. The Morgan fingerprint density at radius 2 is 2.00 bits per heavy atom. The van der Waals surface area contributed by atoms with Crippen LogP contribution in [0.15, 0.2) is 48.7 Å². The second kappa shape index (κ2) is 6.54. The van der Waals surface area contributed by atoms with E-state index in [-0.39, 0.29) is 12.5 Å². The van der Waals surface area contributed by atoms with Crippen LogP contribution in [0.25, 0.3) is 0 Å². The van der Waals surface area contributed by atoms with Gasteiger partial charge in [-0.3, -0.25) is 4.79 Å². The van der Waals surface area contributed by atoms with Crippen molar-refractivity contribution in [1.82, 2.24) is 10.3 Å². The third-order valence-electron chi connectivity index (χ3n) is 2.68. The van der Waals surface area contributed by atoms with E-state index in [9.17, 15) is 4.79 Å². The molecule has 19 heavy (non-hydrogen) atoms. The highest BCUT2D eigenvalue weighted by molar-refractivity contribution is 5.80. The summed E-state index contributed by atoms with van der Waals surface area (Å²) in [6.07, 6.45) is 1.72. The number of carbonyl (C=O) groups is 1. The Bertz CT molecular complexity index is 540. The second-order valence-corrected chi connectivity index (χ2v) is 4.33. The third-order valence-corrected chi connectivity index (χ3v) is 2.68. The van der Waals surface area contributed by atoms with E-state index in [4.69, 9.17) is 0 Å². The van der Waals surface area contributed by atoms with E-state index in [0.717, 1.165) is 16.9 Å². The van der Waals surface area contributed by atoms with Gasteiger partial charge < -0.3 is 10.6 Å². The molecule has 98 valence electrons. The summed E-state index contributed by atoms with van der Waals surface area (Å²) >= 11 is 0. The summed E-state index contributed by atoms with van der Waals surface area (Å²) in [5.41, 5.74) is 2.20. The van der Waals surface area contributed by atoms with Crippen LogP contribution in [0.3, 0.4) is 0 Å². The van der Waals surface area contributed by atoms with Gasteiger partial charge in [-0.15, -0.1) is 0 Å². The number of rotatable bonds is 5. The zero-order chi connectivity index (χ0) is 13.5. The number of carbonyl (C=O) groups excluding carboxylic acids is 1. The minimum absolute atomic E-state index is 0.0489. The Kier molecular flexibility index (Phi) is 4.50. The third kappa shape index (κ3) is 4.43. The van der Waals surface area contributed by atoms with E-state index in [1.807, 2.05) is 49.4 Å². The molecule has 4 nitrogen and oxygen atoms in total. The van der Waals surface area contributed by atoms with Crippen LogP contribution in [0.1, 0.15) is 11.1 Å². The predicted octanol–water partition coefficient (Wildman–Crippen LogP) is 2.12. The first kappa shape index (κ1) is 13.1. The molecular weight excluding hydrogens is 238 g/mol. The second-order valence-electron chi connectivity index (χ2n) is 4.33. The Hall–Kier alpha value is -2.36. The lowest BCUT2D eigenvalue weighted by Gasteiger charge is -2.07. The van der Waals surface area contributed by atoms with E-state index >= 15 is 0 Å². The minimum Gasteiger partial charge on any atom is -0.361 e. The molecule has 0 unspecified atom stereocenters. The summed E-state index contributed by atoms with van der Waals surface area (Å²) in [4.78, 5) is 15.8. The van der Waals surface area contributed by atoms with Crippen molar-refractivity contribution < 1.29 is 4.79 Å². The molecule has 0 aliphatic heterocycles. The number of benzene rings is 1. The maximum absolute atomic E-state index is 11.7. The first-order chi connectivity index (χ1) is 9.24. The molecule has 0 aliphatic carbocycles. The predicted molar refractivity (Wildman–Crippen MR) is 75.8 cm³/mol. The zero-order valence-corrected chi connectivity index (χ0v) is 10.9. The summed E-state index contributed by atoms with van der Waals surface area (Å²) in [7, 11) is 0. The number of aryl methyl sites for hydroxylation is 1. The normalized spacial score (nSPS) is 9.95. The number of amides is 1. The number of aromatic nitrogens is 1. The summed E-state index contributed by atoms with van der Waals surface area (Å²) in [6.45, 7) is 2.76. The van der Waals surface area contributed by atoms with Gasteiger partial charge in [0.2, 0.25) is 5.91 Å². The number of pyridine rings is 1. The lowest BCUT2D eigenvalue weighted by atomic mass is 10.2. The van der Waals surface area contributed by atoms with Crippen molar-refractivity contribution in [2.75, 3.05) is 11.9 Å². The summed E-state index contributed by atoms with van der Waals surface area (Å²) < 4.78 is 0. The molecule has 1 aromatic heterocycles. The number of anilines is 1. The molecule has 0 bridgehead atoms. The van der Waals surface area contributed by atoms with Crippen molar-refractivity contribution in [3.8, 4) is 0 Å². The average molecular weight is 255 g/mol. The highest BCUT2D eigenvalue weighted by Crippen LogP contribution is 2.04. The van der Waals surface area contributed by atoms with E-state index in [0.29, 0.717) is 6.54 Å². The van der Waals surface area contributed by atoms with E-state index < -0.39 is 0 Å². The fourth-order valence-corrected chi connectivity index (χ4v) is 1.66. The number of hydrogen-bond acceptors (Lipinski definition) is 3. The van der Waals surface area contributed by atoms with Gasteiger partial charge in [0.25, 0.3) is 0 Å². The van der Waals surface area contributed by atoms with Crippen LogP contribution in [0, 0.1) is 6.92 Å². The quantitative estimate of drug-likeness (QED) is 0.860. The summed E-state index contributed by atoms with van der Waals surface area (Å²) in [5, 5.41) is 5.85. The van der Waals surface area contributed by atoms with Crippen LogP contribution in [-0.2, 0) is 11.3 Å². The fourth-order valence-electron chi connectivity index (χ4n) is 1.66. The van der Waals surface area contributed by atoms with Gasteiger partial charge in [-0.25, -0.2) is 4.98 Å². The van der Waals surface area contributed by atoms with Crippen molar-refractivity contribution in [3.63, 3.8) is 0 Å². The molecule has 4 heteroatoms. The first-order valence-corrected chi connectivity index (χ1v) is 6.21. The Balaban J connectivity index is 1.76. The molecule has 1 heterocycles. The standard InChI is InChI=1S/C15H17N3O/c1-12-7-8-16-14(9-12)17-11-15(19)18-10-13-5-3-2-4-6-13/h2-9H,10-11H2,1H3,(H,16,17)(H,18,19). The molecule has 0 fully saturated rings. The van der Waals surface area contributed by atoms with Crippen LogP contribution in [-0.4, -0.2) is 17.4 Å². The summed E-state index contributed by atoms with van der Waals surface area (Å²) in [5.74, 6) is 0.669. The van der Waals surface area contributed by atoms with Gasteiger partial charge in [-0.2, -0.15) is 0 Å². The number of nitrogens with one attached hydrogen (secondary N) is 2. The van der Waals surface area contributed by atoms with Crippen LogP contribution in [0.4, 0.5) is 5.82 Å². The SMILES string of the molecule is Cc1ccnc(NCC(=O)NCc2ccccc2)c1. The molecule has 0 radical (unpaired) electrons. The van der Waals surface area contributed by atoms with Crippen molar-refractivity contribution in [1.29, 1.82) is 0 Å². The molecule has 0 aliphatic rings. The van der Waals surface area contributed by atoms with Gasteiger partial charge in [-0.05, 0) is 30.2 Å². The lowest BCUT2D eigenvalue weighted by Crippen LogP contribution is -2.29. The van der Waals surface area contributed by atoms with Gasteiger partial charge in [0, 0.05) is 12.7 Å². The van der Waals surface area contributed by atoms with Gasteiger partial charge in [0.15, 0.2) is 0 Å². The minimum atomic E-state index is -0.0489. The summed E-state index contributed by atoms with van der Waals surface area (Å²) in [6, 6.07) is 13.7. The van der Waals surface area contributed by atoms with Crippen molar-refractivity contribution >= 4 is 11.7 Å². The molecular formula is C15H17N3O. The molecule has 1 amide bonds. The monoisotopic (exact) mass is 255 g/mol. The maximum atomic E-state index is 11.7. The number of hydrogen-bond donors (Lipinski definition) is 2. The lowest BCUT2D eigenvalue weighted by molar-refractivity contribution is -0.119. The molecule has 0 atom stereocenters. The van der Waals surface area contributed by atoms with E-state index in [1.54, 1.807) is 6.20 Å². The Labute approximate surface area is 112 Å². The molecule has 2 rings (SSSR count). The Morgan fingerprint density at radius 1 is 1.21 bits per heavy atom. The van der Waals surface area contributed by atoms with Gasteiger partial charge in [-0.1, -0.05) is 30.3 Å². The van der Waals surface area contributed by atoms with Crippen molar-refractivity contribution in [2.24, 2.45) is 0 Å². The van der Waals surface area contributed by atoms with Crippen molar-refractivity contribution in [2.45, 2.75) is 13.5 Å². The molecule has 2 aromatic rings. The van der Waals surface area contributed by atoms with Gasteiger partial charge in [0.05, 0.1) is 6.54 Å². The number of nitrogens with zero attached hydrogens (tertiary/aromatic N) is 1. The topological polar surface area (TPSA) is 54.0 Å². The van der Waals surface area contributed by atoms with Gasteiger partial charge >= 0.3 is 0 Å². The smallest absolute Gasteiger partial charge is 0.239 e. The highest BCUT2D eigenvalue weighted by atomic mass is 16.1. The molecule has 0 saturated carbocycles. The van der Waals surface area contributed by atoms with Crippen LogP contribution >= 0.6 is 0 Å². The molecule has 1 aromatic carbocycles. The maximum Gasteiger partial charge on any atom is 0.239 e. The van der Waals surface area contributed by atoms with Crippen LogP contribution in [0.5, 0.6) is 0 Å². The highest BCUT2D eigenvalue weighted by Gasteiger charge is 2.01. The van der Waals surface area contributed by atoms with Gasteiger partial charge in [0.1, 0.15) is 5.82 Å². The molecule has 2 N–H and O–H groups in total. The van der Waals surface area contributed by atoms with E-state index in [1.165, 1.54) is 0 Å².